The average molecular weight is 458 g/mol. The third-order valence-electron chi connectivity index (χ3n) is 5.92. The zero-order valence-electron chi connectivity index (χ0n) is 18.4. The summed E-state index contributed by atoms with van der Waals surface area (Å²) in [5.41, 5.74) is 3.34. The fourth-order valence-corrected chi connectivity index (χ4v) is 4.43. The zero-order valence-corrected chi connectivity index (χ0v) is 19.1. The first-order chi connectivity index (χ1) is 15.4. The Kier molecular flexibility index (Phi) is 8.46. The molecule has 0 spiro atoms. The molecule has 0 saturated heterocycles. The number of fused-ring (bicyclic) bond motifs is 1. The quantitative estimate of drug-likeness (QED) is 0.241. The van der Waals surface area contributed by atoms with E-state index in [2.05, 4.69) is 4.57 Å². The summed E-state index contributed by atoms with van der Waals surface area (Å²) in [6, 6.07) is 12.4. The first-order valence-electron chi connectivity index (χ1n) is 11.1. The summed E-state index contributed by atoms with van der Waals surface area (Å²) >= 11 is 6.20. The van der Waals surface area contributed by atoms with Crippen molar-refractivity contribution in [3.8, 4) is 0 Å². The van der Waals surface area contributed by atoms with Crippen LogP contribution in [-0.4, -0.2) is 21.4 Å². The number of rotatable bonds is 12. The normalized spacial score (nSPS) is 11.2. The number of halogens is 2. The highest BCUT2D eigenvalue weighted by Crippen LogP contribution is 2.31. The van der Waals surface area contributed by atoms with Crippen molar-refractivity contribution in [1.82, 2.24) is 4.57 Å². The third-order valence-corrected chi connectivity index (χ3v) is 6.16. The van der Waals surface area contributed by atoms with E-state index in [1.807, 2.05) is 37.4 Å². The molecule has 3 aromatic rings. The second kappa shape index (κ2) is 11.3. The van der Waals surface area contributed by atoms with Gasteiger partial charge in [0, 0.05) is 47.1 Å². The molecule has 4 nitrogen and oxygen atoms in total. The molecule has 170 valence electrons. The van der Waals surface area contributed by atoms with Crippen LogP contribution in [0.4, 0.5) is 4.39 Å². The first-order valence-corrected chi connectivity index (χ1v) is 11.5. The maximum absolute atomic E-state index is 13.7. The van der Waals surface area contributed by atoms with Crippen LogP contribution in [0, 0.1) is 5.82 Å². The Hall–Kier alpha value is -2.66. The Labute approximate surface area is 193 Å². The van der Waals surface area contributed by atoms with E-state index in [0.29, 0.717) is 17.0 Å². The van der Waals surface area contributed by atoms with Gasteiger partial charge >= 0.3 is 5.97 Å². The third kappa shape index (κ3) is 5.98. The van der Waals surface area contributed by atoms with Gasteiger partial charge in [-0.05, 0) is 61.9 Å². The molecule has 0 aliphatic heterocycles. The number of ketones is 1. The van der Waals surface area contributed by atoms with Crippen LogP contribution in [0.25, 0.3) is 10.9 Å². The summed E-state index contributed by atoms with van der Waals surface area (Å²) in [7, 11) is 1.96. The predicted octanol–water partition coefficient (Wildman–Crippen LogP) is 6.75. The van der Waals surface area contributed by atoms with E-state index >= 15 is 0 Å². The lowest BCUT2D eigenvalue weighted by atomic mass is 9.98. The molecule has 1 N–H and O–H groups in total. The number of nitrogens with zero attached hydrogens (tertiary/aromatic N) is 1. The number of Topliss-reactive ketones (excluding diaryl/α,β-unsaturated/α-hetero) is 1. The predicted molar refractivity (Wildman–Crippen MR) is 126 cm³/mol. The summed E-state index contributed by atoms with van der Waals surface area (Å²) < 4.78 is 15.8. The Balaban J connectivity index is 1.65. The van der Waals surface area contributed by atoms with E-state index in [9.17, 15) is 14.0 Å². The summed E-state index contributed by atoms with van der Waals surface area (Å²) in [6.45, 7) is 0. The first kappa shape index (κ1) is 24.0. The zero-order chi connectivity index (χ0) is 23.1. The number of carbonyl (C=O) groups is 2. The number of carboxylic acids is 1. The van der Waals surface area contributed by atoms with E-state index in [4.69, 9.17) is 16.7 Å². The minimum Gasteiger partial charge on any atom is -0.481 e. The average Bonchev–Trinajstić information content (AvgIpc) is 3.02. The largest absolute Gasteiger partial charge is 0.481 e. The SMILES string of the molecule is Cn1c(CCCCCCc2ccccc2F)c(C(=O)CCCC(=O)O)c2cc(Cl)ccc21. The van der Waals surface area contributed by atoms with Gasteiger partial charge in [-0.1, -0.05) is 42.6 Å². The van der Waals surface area contributed by atoms with E-state index in [1.165, 1.54) is 6.07 Å². The van der Waals surface area contributed by atoms with Crippen LogP contribution in [0.15, 0.2) is 42.5 Å². The van der Waals surface area contributed by atoms with Crippen molar-refractivity contribution in [3.63, 3.8) is 0 Å². The van der Waals surface area contributed by atoms with Crippen LogP contribution in [0.5, 0.6) is 0 Å². The fraction of sp³-hybridized carbons (Fsp3) is 0.385. The topological polar surface area (TPSA) is 59.3 Å². The van der Waals surface area contributed by atoms with Crippen molar-refractivity contribution in [3.05, 3.63) is 70.1 Å². The van der Waals surface area contributed by atoms with E-state index in [1.54, 1.807) is 6.07 Å². The van der Waals surface area contributed by atoms with Crippen molar-refractivity contribution in [2.45, 2.75) is 57.8 Å². The van der Waals surface area contributed by atoms with Gasteiger partial charge in [0.1, 0.15) is 5.82 Å². The maximum atomic E-state index is 13.7. The molecule has 0 aliphatic rings. The van der Waals surface area contributed by atoms with Crippen LogP contribution >= 0.6 is 11.6 Å². The molecule has 0 fully saturated rings. The summed E-state index contributed by atoms with van der Waals surface area (Å²) in [6.07, 6.45) is 5.81. The lowest BCUT2D eigenvalue weighted by Crippen LogP contribution is -2.07. The van der Waals surface area contributed by atoms with Crippen molar-refractivity contribution in [2.75, 3.05) is 0 Å². The van der Waals surface area contributed by atoms with Gasteiger partial charge in [0.2, 0.25) is 0 Å². The monoisotopic (exact) mass is 457 g/mol. The van der Waals surface area contributed by atoms with Gasteiger partial charge in [0.25, 0.3) is 0 Å². The standard InChI is InChI=1S/C26H29ClFNO3/c1-29-22-16-15-19(27)17-20(22)26(24(30)13-8-14-25(31)32)23(29)12-5-3-2-4-9-18-10-6-7-11-21(18)28/h6-7,10-11,15-17H,2-5,8-9,12-14H2,1H3,(H,31,32). The molecule has 0 aliphatic carbocycles. The number of carbonyl (C=O) groups excluding carboxylic acids is 1. The highest BCUT2D eigenvalue weighted by atomic mass is 35.5. The molecule has 0 radical (unpaired) electrons. The number of aryl methyl sites for hydroxylation is 2. The van der Waals surface area contributed by atoms with Crippen LogP contribution in [0.2, 0.25) is 5.02 Å². The molecule has 1 heterocycles. The Morgan fingerprint density at radius 1 is 0.969 bits per heavy atom. The lowest BCUT2D eigenvalue weighted by Gasteiger charge is -2.08. The van der Waals surface area contributed by atoms with Crippen molar-refractivity contribution >= 4 is 34.3 Å². The van der Waals surface area contributed by atoms with Gasteiger partial charge < -0.3 is 9.67 Å². The summed E-state index contributed by atoms with van der Waals surface area (Å²) in [5.74, 6) is -1.07. The molecule has 0 unspecified atom stereocenters. The van der Waals surface area contributed by atoms with E-state index in [0.717, 1.165) is 60.7 Å². The number of aliphatic carboxylic acids is 1. The number of carboxylic acid groups (broad SMARTS) is 1. The van der Waals surface area contributed by atoms with Crippen molar-refractivity contribution in [2.24, 2.45) is 7.05 Å². The van der Waals surface area contributed by atoms with Crippen LogP contribution < -0.4 is 0 Å². The van der Waals surface area contributed by atoms with Crippen LogP contribution in [0.1, 0.15) is 66.6 Å². The highest BCUT2D eigenvalue weighted by Gasteiger charge is 2.21. The Morgan fingerprint density at radius 3 is 2.41 bits per heavy atom. The molecule has 0 saturated carbocycles. The molecule has 1 aromatic heterocycles. The van der Waals surface area contributed by atoms with Gasteiger partial charge in [0.15, 0.2) is 5.78 Å². The van der Waals surface area contributed by atoms with Crippen LogP contribution in [0.3, 0.4) is 0 Å². The van der Waals surface area contributed by atoms with Gasteiger partial charge in [-0.25, -0.2) is 4.39 Å². The smallest absolute Gasteiger partial charge is 0.303 e. The molecule has 32 heavy (non-hydrogen) atoms. The maximum Gasteiger partial charge on any atom is 0.303 e. The van der Waals surface area contributed by atoms with Crippen LogP contribution in [-0.2, 0) is 24.7 Å². The van der Waals surface area contributed by atoms with E-state index < -0.39 is 5.97 Å². The second-order valence-corrected chi connectivity index (χ2v) is 8.65. The second-order valence-electron chi connectivity index (χ2n) is 8.22. The van der Waals surface area contributed by atoms with Gasteiger partial charge in [0.05, 0.1) is 0 Å². The Bertz CT molecular complexity index is 1110. The van der Waals surface area contributed by atoms with Gasteiger partial charge in [-0.2, -0.15) is 0 Å². The highest BCUT2D eigenvalue weighted by molar-refractivity contribution is 6.31. The number of aromatic nitrogens is 1. The lowest BCUT2D eigenvalue weighted by molar-refractivity contribution is -0.137. The molecular weight excluding hydrogens is 429 g/mol. The molecule has 0 atom stereocenters. The molecule has 3 rings (SSSR count). The summed E-state index contributed by atoms with van der Waals surface area (Å²) in [4.78, 5) is 23.9. The van der Waals surface area contributed by atoms with Crippen molar-refractivity contribution < 1.29 is 19.1 Å². The number of unbranched alkanes of at least 4 members (excludes halogenated alkanes) is 3. The van der Waals surface area contributed by atoms with Gasteiger partial charge in [-0.3, -0.25) is 9.59 Å². The molecule has 0 amide bonds. The minimum absolute atomic E-state index is 0.0192. The molecule has 6 heteroatoms. The fourth-order valence-electron chi connectivity index (χ4n) is 4.26. The van der Waals surface area contributed by atoms with Gasteiger partial charge in [-0.15, -0.1) is 0 Å². The number of hydrogen-bond acceptors (Lipinski definition) is 2. The molecule has 0 bridgehead atoms. The molecule has 2 aromatic carbocycles. The number of hydrogen-bond donors (Lipinski definition) is 1. The number of benzene rings is 2. The summed E-state index contributed by atoms with van der Waals surface area (Å²) in [5, 5.41) is 10.3. The molecular formula is C26H29ClFNO3. The minimum atomic E-state index is -0.894. The van der Waals surface area contributed by atoms with Crippen molar-refractivity contribution in [1.29, 1.82) is 0 Å². The Morgan fingerprint density at radius 2 is 1.69 bits per heavy atom. The van der Waals surface area contributed by atoms with E-state index in [-0.39, 0.29) is 24.4 Å².